The third-order valence-electron chi connectivity index (χ3n) is 3.21. The van der Waals surface area contributed by atoms with Crippen LogP contribution in [0, 0.1) is 10.1 Å². The van der Waals surface area contributed by atoms with Gasteiger partial charge < -0.3 is 4.74 Å². The third-order valence-corrected chi connectivity index (χ3v) is 5.04. The molecule has 0 N–H and O–H groups in total. The summed E-state index contributed by atoms with van der Waals surface area (Å²) in [5, 5.41) is 11.1. The Labute approximate surface area is 134 Å². The minimum absolute atomic E-state index is 0.346. The summed E-state index contributed by atoms with van der Waals surface area (Å²) in [6, 6.07) is 11.7. The van der Waals surface area contributed by atoms with Crippen LogP contribution in [0.2, 0.25) is 0 Å². The zero-order valence-electron chi connectivity index (χ0n) is 12.7. The maximum atomic E-state index is 12.7. The summed E-state index contributed by atoms with van der Waals surface area (Å²) in [4.78, 5) is 9.99. The maximum Gasteiger partial charge on any atom is 0.289 e. The number of anilines is 1. The van der Waals surface area contributed by atoms with Crippen molar-refractivity contribution in [3.8, 4) is 5.75 Å². The lowest BCUT2D eigenvalue weighted by Crippen LogP contribution is -2.27. The summed E-state index contributed by atoms with van der Waals surface area (Å²) < 4.78 is 31.6. The molecule has 0 aliphatic heterocycles. The maximum absolute atomic E-state index is 12.7. The van der Waals surface area contributed by atoms with Crippen molar-refractivity contribution in [2.45, 2.75) is 11.8 Å². The molecule has 0 fully saturated rings. The predicted octanol–water partition coefficient (Wildman–Crippen LogP) is 2.82. The van der Waals surface area contributed by atoms with Gasteiger partial charge in [-0.3, -0.25) is 14.4 Å². The molecule has 7 nitrogen and oxygen atoms in total. The van der Waals surface area contributed by atoms with E-state index >= 15 is 0 Å². The van der Waals surface area contributed by atoms with Crippen molar-refractivity contribution >= 4 is 21.4 Å². The second-order valence-electron chi connectivity index (χ2n) is 4.62. The smallest absolute Gasteiger partial charge is 0.289 e. The van der Waals surface area contributed by atoms with Crippen LogP contribution < -0.4 is 9.04 Å². The van der Waals surface area contributed by atoms with Gasteiger partial charge in [-0.15, -0.1) is 0 Å². The van der Waals surface area contributed by atoms with Gasteiger partial charge in [0.15, 0.2) is 4.90 Å². The van der Waals surface area contributed by atoms with E-state index in [4.69, 9.17) is 4.74 Å². The van der Waals surface area contributed by atoms with Crippen molar-refractivity contribution in [1.29, 1.82) is 0 Å². The monoisotopic (exact) mass is 336 g/mol. The van der Waals surface area contributed by atoms with Crippen LogP contribution in [0.3, 0.4) is 0 Å². The van der Waals surface area contributed by atoms with Crippen LogP contribution in [0.1, 0.15) is 6.92 Å². The highest BCUT2D eigenvalue weighted by Crippen LogP contribution is 2.29. The van der Waals surface area contributed by atoms with E-state index in [9.17, 15) is 18.5 Å². The van der Waals surface area contributed by atoms with Gasteiger partial charge >= 0.3 is 0 Å². The highest BCUT2D eigenvalue weighted by molar-refractivity contribution is 7.93. The average Bonchev–Trinajstić information content (AvgIpc) is 2.55. The molecule has 0 aliphatic rings. The number of nitrogens with zero attached hydrogens (tertiary/aromatic N) is 2. The van der Waals surface area contributed by atoms with Crippen LogP contribution in [0.15, 0.2) is 53.4 Å². The van der Waals surface area contributed by atoms with Gasteiger partial charge in [-0.25, -0.2) is 8.42 Å². The summed E-state index contributed by atoms with van der Waals surface area (Å²) in [6.07, 6.45) is 0. The number of nitro benzene ring substituents is 1. The van der Waals surface area contributed by atoms with Crippen molar-refractivity contribution in [2.24, 2.45) is 0 Å². The fourth-order valence-electron chi connectivity index (χ4n) is 2.03. The fourth-order valence-corrected chi connectivity index (χ4v) is 3.38. The van der Waals surface area contributed by atoms with Crippen LogP contribution in [0.25, 0.3) is 0 Å². The van der Waals surface area contributed by atoms with E-state index in [2.05, 4.69) is 0 Å². The first-order chi connectivity index (χ1) is 10.9. The van der Waals surface area contributed by atoms with Crippen LogP contribution in [0.5, 0.6) is 5.75 Å². The molecule has 0 bridgehead atoms. The number of benzene rings is 2. The van der Waals surface area contributed by atoms with Crippen molar-refractivity contribution in [1.82, 2.24) is 0 Å². The second kappa shape index (κ2) is 6.66. The first kappa shape index (κ1) is 16.8. The molecule has 8 heteroatoms. The molecule has 0 amide bonds. The first-order valence-electron chi connectivity index (χ1n) is 6.83. The SMILES string of the molecule is CCOc1ccc(N(C)S(=O)(=O)c2ccccc2[N+](=O)[O-])cc1. The molecule has 0 saturated carbocycles. The number of rotatable bonds is 6. The van der Waals surface area contributed by atoms with Crippen LogP contribution in [-0.4, -0.2) is 27.0 Å². The van der Waals surface area contributed by atoms with Crippen molar-refractivity contribution in [3.05, 3.63) is 58.6 Å². The summed E-state index contributed by atoms with van der Waals surface area (Å²) in [7, 11) is -2.69. The number of sulfonamides is 1. The Kier molecular flexibility index (Phi) is 4.85. The molecule has 2 aromatic rings. The predicted molar refractivity (Wildman–Crippen MR) is 86.3 cm³/mol. The largest absolute Gasteiger partial charge is 0.494 e. The minimum Gasteiger partial charge on any atom is -0.494 e. The number of hydrogen-bond acceptors (Lipinski definition) is 5. The standard InChI is InChI=1S/C15H16N2O5S/c1-3-22-13-10-8-12(9-11-13)16(2)23(20,21)15-7-5-4-6-14(15)17(18)19/h4-11H,3H2,1-2H3. The highest BCUT2D eigenvalue weighted by Gasteiger charge is 2.29. The Morgan fingerprint density at radius 2 is 1.74 bits per heavy atom. The molecule has 2 rings (SSSR count). The van der Waals surface area contributed by atoms with Gasteiger partial charge in [-0.05, 0) is 37.3 Å². The Hall–Kier alpha value is -2.61. The fraction of sp³-hybridized carbons (Fsp3) is 0.200. The Morgan fingerprint density at radius 1 is 1.13 bits per heavy atom. The van der Waals surface area contributed by atoms with Gasteiger partial charge in [0.05, 0.1) is 17.2 Å². The summed E-state index contributed by atoms with van der Waals surface area (Å²) >= 11 is 0. The van der Waals surface area contributed by atoms with Crippen LogP contribution in [-0.2, 0) is 10.0 Å². The van der Waals surface area contributed by atoms with E-state index in [1.54, 1.807) is 24.3 Å². The Morgan fingerprint density at radius 3 is 2.30 bits per heavy atom. The van der Waals surface area contributed by atoms with Gasteiger partial charge in [0.25, 0.3) is 15.7 Å². The van der Waals surface area contributed by atoms with Gasteiger partial charge in [-0.2, -0.15) is 0 Å². The van der Waals surface area contributed by atoms with E-state index in [0.717, 1.165) is 4.31 Å². The lowest BCUT2D eigenvalue weighted by Gasteiger charge is -2.19. The normalized spacial score (nSPS) is 11.0. The molecule has 0 aromatic heterocycles. The molecule has 2 aromatic carbocycles. The Bertz CT molecular complexity index is 803. The van der Waals surface area contributed by atoms with Gasteiger partial charge in [0.2, 0.25) is 0 Å². The Balaban J connectivity index is 2.41. The average molecular weight is 336 g/mol. The number of nitro groups is 1. The quantitative estimate of drug-likeness (QED) is 0.597. The molecule has 0 aliphatic carbocycles. The minimum atomic E-state index is -4.04. The summed E-state index contributed by atoms with van der Waals surface area (Å²) in [6.45, 7) is 2.35. The molecule has 0 radical (unpaired) electrons. The van der Waals surface area contributed by atoms with Crippen molar-refractivity contribution in [3.63, 3.8) is 0 Å². The van der Waals surface area contributed by atoms with Gasteiger partial charge in [0.1, 0.15) is 5.75 Å². The number of para-hydroxylation sites is 1. The summed E-state index contributed by atoms with van der Waals surface area (Å²) in [5.41, 5.74) is -0.0723. The topological polar surface area (TPSA) is 89.8 Å². The van der Waals surface area contributed by atoms with Gasteiger partial charge in [0, 0.05) is 13.1 Å². The van der Waals surface area contributed by atoms with Gasteiger partial charge in [-0.1, -0.05) is 12.1 Å². The third kappa shape index (κ3) is 3.42. The molecule has 0 saturated heterocycles. The summed E-state index contributed by atoms with van der Waals surface area (Å²) in [5.74, 6) is 0.618. The van der Waals surface area contributed by atoms with Crippen molar-refractivity contribution in [2.75, 3.05) is 18.0 Å². The molecular formula is C15H16N2O5S. The number of ether oxygens (including phenoxy) is 1. The molecule has 122 valence electrons. The number of hydrogen-bond donors (Lipinski definition) is 0. The zero-order valence-corrected chi connectivity index (χ0v) is 13.5. The first-order valence-corrected chi connectivity index (χ1v) is 8.27. The molecule has 0 unspecified atom stereocenters. The van der Waals surface area contributed by atoms with Crippen LogP contribution >= 0.6 is 0 Å². The molecule has 23 heavy (non-hydrogen) atoms. The lowest BCUT2D eigenvalue weighted by atomic mass is 10.3. The van der Waals surface area contributed by atoms with Crippen molar-refractivity contribution < 1.29 is 18.1 Å². The molecule has 0 heterocycles. The van der Waals surface area contributed by atoms with E-state index < -0.39 is 20.6 Å². The molecule has 0 spiro atoms. The molecule has 0 atom stereocenters. The second-order valence-corrected chi connectivity index (χ2v) is 6.56. The van der Waals surface area contributed by atoms with E-state index in [1.807, 2.05) is 6.92 Å². The zero-order chi connectivity index (χ0) is 17.0. The van der Waals surface area contributed by atoms with E-state index in [0.29, 0.717) is 18.0 Å². The lowest BCUT2D eigenvalue weighted by molar-refractivity contribution is -0.387. The van der Waals surface area contributed by atoms with Crippen LogP contribution in [0.4, 0.5) is 11.4 Å². The highest BCUT2D eigenvalue weighted by atomic mass is 32.2. The molecular weight excluding hydrogens is 320 g/mol. The van der Waals surface area contributed by atoms with E-state index in [1.165, 1.54) is 31.3 Å². The van der Waals surface area contributed by atoms with E-state index in [-0.39, 0.29) is 4.90 Å².